The zero-order chi connectivity index (χ0) is 17.9. The fraction of sp³-hybridized carbons (Fsp3) is 0.571. The minimum absolute atomic E-state index is 0.0957. The van der Waals surface area contributed by atoms with Crippen LogP contribution in [0.5, 0.6) is 0 Å². The van der Waals surface area contributed by atoms with Crippen LogP contribution in [-0.2, 0) is 28.6 Å². The second kappa shape index (κ2) is 7.30. The number of hydrogen-bond donors (Lipinski definition) is 2. The summed E-state index contributed by atoms with van der Waals surface area (Å²) in [7, 11) is 0. The number of aromatic amines is 1. The van der Waals surface area contributed by atoms with E-state index in [9.17, 15) is 19.2 Å². The van der Waals surface area contributed by atoms with Crippen molar-refractivity contribution >= 4 is 23.7 Å². The molecule has 0 spiro atoms. The van der Waals surface area contributed by atoms with Crippen LogP contribution in [0.3, 0.4) is 0 Å². The lowest BCUT2D eigenvalue weighted by molar-refractivity contribution is -0.155. The van der Waals surface area contributed by atoms with E-state index in [4.69, 9.17) is 14.2 Å². The van der Waals surface area contributed by atoms with E-state index in [0.717, 1.165) is 0 Å². The third-order valence-electron chi connectivity index (χ3n) is 3.31. The Labute approximate surface area is 137 Å². The molecule has 10 heteroatoms. The highest BCUT2D eigenvalue weighted by Gasteiger charge is 2.39. The highest BCUT2D eigenvalue weighted by Crippen LogP contribution is 2.30. The first-order valence-electron chi connectivity index (χ1n) is 7.31. The van der Waals surface area contributed by atoms with Gasteiger partial charge in [0.05, 0.1) is 6.20 Å². The number of ether oxygens (including phenoxy) is 3. The number of amides is 1. The Hall–Kier alpha value is -2.62. The molecule has 1 aromatic heterocycles. The number of esters is 2. The number of aromatic nitrogens is 2. The fourth-order valence-corrected chi connectivity index (χ4v) is 2.43. The van der Waals surface area contributed by atoms with Gasteiger partial charge in [-0.25, -0.2) is 4.79 Å². The molecule has 0 unspecified atom stereocenters. The molecule has 24 heavy (non-hydrogen) atoms. The van der Waals surface area contributed by atoms with Gasteiger partial charge in [-0.05, 0) is 0 Å². The number of carbonyl (C=O) groups is 3. The van der Waals surface area contributed by atoms with E-state index >= 15 is 0 Å². The Bertz CT molecular complexity index is 693. The van der Waals surface area contributed by atoms with Crippen LogP contribution < -0.4 is 11.0 Å². The van der Waals surface area contributed by atoms with Gasteiger partial charge < -0.3 is 19.5 Å². The quantitative estimate of drug-likeness (QED) is 0.716. The molecule has 0 radical (unpaired) electrons. The zero-order valence-corrected chi connectivity index (χ0v) is 13.5. The Morgan fingerprint density at radius 2 is 2.04 bits per heavy atom. The van der Waals surface area contributed by atoms with Crippen molar-refractivity contribution in [3.05, 3.63) is 16.7 Å². The number of H-pyrrole nitrogens is 1. The van der Waals surface area contributed by atoms with Crippen molar-refractivity contribution in [1.82, 2.24) is 9.55 Å². The van der Waals surface area contributed by atoms with E-state index in [1.807, 2.05) is 0 Å². The molecule has 10 nitrogen and oxygen atoms in total. The van der Waals surface area contributed by atoms with E-state index in [1.165, 1.54) is 31.5 Å². The Balaban J connectivity index is 2.14. The molecule has 0 saturated carbocycles. The van der Waals surface area contributed by atoms with Gasteiger partial charge >= 0.3 is 17.6 Å². The summed E-state index contributed by atoms with van der Waals surface area (Å²) in [6, 6.07) is 0. The third-order valence-corrected chi connectivity index (χ3v) is 3.31. The van der Waals surface area contributed by atoms with Crippen molar-refractivity contribution in [2.45, 2.75) is 45.6 Å². The van der Waals surface area contributed by atoms with Crippen molar-refractivity contribution in [3.63, 3.8) is 0 Å². The number of nitrogens with zero attached hydrogens (tertiary/aromatic N) is 1. The Kier molecular flexibility index (Phi) is 5.39. The molecule has 2 heterocycles. The molecule has 0 aromatic carbocycles. The summed E-state index contributed by atoms with van der Waals surface area (Å²) < 4.78 is 17.0. The number of rotatable bonds is 5. The number of hydrogen-bond acceptors (Lipinski definition) is 7. The van der Waals surface area contributed by atoms with E-state index < -0.39 is 36.1 Å². The average molecular weight is 341 g/mol. The molecule has 1 aliphatic heterocycles. The molecule has 132 valence electrons. The topological polar surface area (TPSA) is 129 Å². The van der Waals surface area contributed by atoms with Gasteiger partial charge in [0.2, 0.25) is 5.91 Å². The zero-order valence-electron chi connectivity index (χ0n) is 13.5. The van der Waals surface area contributed by atoms with Crippen molar-refractivity contribution in [1.29, 1.82) is 0 Å². The molecule has 1 aliphatic rings. The minimum Gasteiger partial charge on any atom is -0.463 e. The molecule has 1 amide bonds. The van der Waals surface area contributed by atoms with Crippen LogP contribution in [0.2, 0.25) is 0 Å². The molecule has 2 rings (SSSR count). The summed E-state index contributed by atoms with van der Waals surface area (Å²) in [6.07, 6.45) is -0.455. The predicted octanol–water partition coefficient (Wildman–Crippen LogP) is -0.0829. The van der Waals surface area contributed by atoms with Gasteiger partial charge in [-0.15, -0.1) is 0 Å². The molecular weight excluding hydrogens is 322 g/mol. The maximum absolute atomic E-state index is 12.0. The summed E-state index contributed by atoms with van der Waals surface area (Å²) in [5.41, 5.74) is -0.488. The SMILES string of the molecule is CC(=O)Nc1cn([C@H]2C[C@H](OC(C)=O)[C@@H](COC(C)=O)O2)c(=O)[nH]1. The molecule has 0 aliphatic carbocycles. The van der Waals surface area contributed by atoms with Crippen molar-refractivity contribution in [3.8, 4) is 0 Å². The second-order valence-electron chi connectivity index (χ2n) is 5.38. The number of carbonyl (C=O) groups excluding carboxylic acids is 3. The predicted molar refractivity (Wildman–Crippen MR) is 80.1 cm³/mol. The lowest BCUT2D eigenvalue weighted by Gasteiger charge is -2.17. The Morgan fingerprint density at radius 1 is 1.33 bits per heavy atom. The summed E-state index contributed by atoms with van der Waals surface area (Å²) in [5, 5.41) is 2.46. The van der Waals surface area contributed by atoms with Crippen molar-refractivity contribution < 1.29 is 28.6 Å². The van der Waals surface area contributed by atoms with E-state index in [1.54, 1.807) is 0 Å². The summed E-state index contributed by atoms with van der Waals surface area (Å²) >= 11 is 0. The molecule has 1 fully saturated rings. The minimum atomic E-state index is -0.721. The molecule has 3 atom stereocenters. The van der Waals surface area contributed by atoms with Crippen LogP contribution in [0.25, 0.3) is 0 Å². The highest BCUT2D eigenvalue weighted by atomic mass is 16.6. The first kappa shape index (κ1) is 17.7. The maximum atomic E-state index is 12.0. The summed E-state index contributed by atoms with van der Waals surface area (Å²) in [5.74, 6) is -1.10. The third kappa shape index (κ3) is 4.44. The fourth-order valence-electron chi connectivity index (χ4n) is 2.43. The second-order valence-corrected chi connectivity index (χ2v) is 5.38. The van der Waals surface area contributed by atoms with Crippen LogP contribution in [0.1, 0.15) is 33.4 Å². The van der Waals surface area contributed by atoms with Gasteiger partial charge in [0, 0.05) is 27.2 Å². The van der Waals surface area contributed by atoms with E-state index in [-0.39, 0.29) is 24.8 Å². The van der Waals surface area contributed by atoms with Gasteiger partial charge in [0.1, 0.15) is 30.9 Å². The maximum Gasteiger partial charge on any atom is 0.329 e. The molecular formula is C14H19N3O7. The molecule has 1 aromatic rings. The largest absolute Gasteiger partial charge is 0.463 e. The molecule has 1 saturated heterocycles. The van der Waals surface area contributed by atoms with Gasteiger partial charge in [0.25, 0.3) is 0 Å². The number of imidazole rings is 1. The molecule has 0 bridgehead atoms. The van der Waals surface area contributed by atoms with Crippen LogP contribution >= 0.6 is 0 Å². The summed E-state index contributed by atoms with van der Waals surface area (Å²) in [6.45, 7) is 3.73. The van der Waals surface area contributed by atoms with Crippen LogP contribution in [-0.4, -0.2) is 46.2 Å². The summed E-state index contributed by atoms with van der Waals surface area (Å²) in [4.78, 5) is 47.7. The lowest BCUT2D eigenvalue weighted by atomic mass is 10.2. The van der Waals surface area contributed by atoms with Crippen LogP contribution in [0.4, 0.5) is 5.82 Å². The van der Waals surface area contributed by atoms with Crippen molar-refractivity contribution in [2.75, 3.05) is 11.9 Å². The Morgan fingerprint density at radius 3 is 2.62 bits per heavy atom. The van der Waals surface area contributed by atoms with Crippen molar-refractivity contribution in [2.24, 2.45) is 0 Å². The van der Waals surface area contributed by atoms with Crippen LogP contribution in [0.15, 0.2) is 11.0 Å². The number of nitrogens with one attached hydrogen (secondary N) is 2. The normalized spacial score (nSPS) is 22.9. The molecule has 2 N–H and O–H groups in total. The van der Waals surface area contributed by atoms with E-state index in [2.05, 4.69) is 10.3 Å². The average Bonchev–Trinajstić information content (AvgIpc) is 2.98. The van der Waals surface area contributed by atoms with Gasteiger partial charge in [-0.3, -0.25) is 23.9 Å². The van der Waals surface area contributed by atoms with Gasteiger partial charge in [-0.1, -0.05) is 0 Å². The standard InChI is InChI=1S/C14H19N3O7/c1-7(18)15-12-5-17(14(21)16-12)13-4-10(23-9(3)20)11(24-13)6-22-8(2)19/h5,10-11,13H,4,6H2,1-3H3,(H,15,18)(H,16,21)/t10-,11+,13+/m0/s1. The smallest absolute Gasteiger partial charge is 0.329 e. The number of anilines is 1. The first-order chi connectivity index (χ1) is 11.3. The van der Waals surface area contributed by atoms with Gasteiger partial charge in [-0.2, -0.15) is 0 Å². The first-order valence-corrected chi connectivity index (χ1v) is 7.31. The highest BCUT2D eigenvalue weighted by molar-refractivity contribution is 5.87. The lowest BCUT2D eigenvalue weighted by Crippen LogP contribution is -2.31. The van der Waals surface area contributed by atoms with Crippen LogP contribution in [0, 0.1) is 0 Å². The monoisotopic (exact) mass is 341 g/mol. The van der Waals surface area contributed by atoms with E-state index in [0.29, 0.717) is 0 Å². The van der Waals surface area contributed by atoms with Gasteiger partial charge in [0.15, 0.2) is 0 Å².